The fourth-order valence-electron chi connectivity index (χ4n) is 0.698. The molecule has 0 radical (unpaired) electrons. The van der Waals surface area contributed by atoms with Crippen LogP contribution in [0.15, 0.2) is 4.99 Å². The number of rotatable bonds is 3. The van der Waals surface area contributed by atoms with Crippen molar-refractivity contribution >= 4 is 17.4 Å². The highest BCUT2D eigenvalue weighted by molar-refractivity contribution is 7.78. The molecular formula is C9H17NS. The summed E-state index contributed by atoms with van der Waals surface area (Å²) in [5, 5.41) is 2.46. The molecule has 0 saturated carbocycles. The Labute approximate surface area is 74.9 Å². The van der Waals surface area contributed by atoms with Crippen LogP contribution in [0.5, 0.6) is 0 Å². The number of isothiocyanates is 1. The van der Waals surface area contributed by atoms with Crippen molar-refractivity contribution in [1.82, 2.24) is 0 Å². The van der Waals surface area contributed by atoms with E-state index < -0.39 is 0 Å². The van der Waals surface area contributed by atoms with Crippen molar-refractivity contribution in [3.63, 3.8) is 0 Å². The van der Waals surface area contributed by atoms with E-state index in [9.17, 15) is 0 Å². The molecule has 0 unspecified atom stereocenters. The van der Waals surface area contributed by atoms with E-state index in [2.05, 4.69) is 57.0 Å². The SMILES string of the molecule is CCC(C)(C)C(C)(C)N=C=S. The minimum atomic E-state index is -0.0938. The quantitative estimate of drug-likeness (QED) is 0.469. The standard InChI is InChI=1S/C9H17NS/c1-6-8(2,3)9(4,5)10-7-11/h6H2,1-5H3. The number of thiocarbonyl (C=S) groups is 1. The van der Waals surface area contributed by atoms with Gasteiger partial charge in [-0.3, -0.25) is 0 Å². The van der Waals surface area contributed by atoms with Crippen LogP contribution < -0.4 is 0 Å². The highest BCUT2D eigenvalue weighted by atomic mass is 32.1. The number of hydrogen-bond donors (Lipinski definition) is 0. The van der Waals surface area contributed by atoms with Crippen LogP contribution in [0.4, 0.5) is 0 Å². The molecule has 64 valence electrons. The Morgan fingerprint density at radius 2 is 1.73 bits per heavy atom. The van der Waals surface area contributed by atoms with Crippen molar-refractivity contribution < 1.29 is 0 Å². The molecule has 11 heavy (non-hydrogen) atoms. The molecule has 0 N–H and O–H groups in total. The Balaban J connectivity index is 4.65. The lowest BCUT2D eigenvalue weighted by Crippen LogP contribution is -2.36. The maximum Gasteiger partial charge on any atom is 0.0705 e. The van der Waals surface area contributed by atoms with Crippen molar-refractivity contribution in [3.05, 3.63) is 0 Å². The van der Waals surface area contributed by atoms with Crippen molar-refractivity contribution in [1.29, 1.82) is 0 Å². The van der Waals surface area contributed by atoms with Gasteiger partial charge in [0.2, 0.25) is 0 Å². The molecule has 0 bridgehead atoms. The first-order valence-corrected chi connectivity index (χ1v) is 4.37. The minimum Gasteiger partial charge on any atom is -0.226 e. The number of nitrogens with zero attached hydrogens (tertiary/aromatic N) is 1. The molecule has 0 saturated heterocycles. The predicted molar refractivity (Wildman–Crippen MR) is 53.2 cm³/mol. The molecule has 0 fully saturated rings. The van der Waals surface area contributed by atoms with Gasteiger partial charge in [0.25, 0.3) is 0 Å². The van der Waals surface area contributed by atoms with Crippen molar-refractivity contribution in [2.45, 2.75) is 46.6 Å². The Kier molecular flexibility index (Phi) is 3.40. The molecule has 0 atom stereocenters. The third-order valence-electron chi connectivity index (χ3n) is 2.87. The summed E-state index contributed by atoms with van der Waals surface area (Å²) in [5.74, 6) is 0. The largest absolute Gasteiger partial charge is 0.226 e. The Bertz CT molecular complexity index is 176. The van der Waals surface area contributed by atoms with Crippen LogP contribution in [0.3, 0.4) is 0 Å². The summed E-state index contributed by atoms with van der Waals surface area (Å²) in [6.45, 7) is 10.7. The van der Waals surface area contributed by atoms with Gasteiger partial charge in [-0.1, -0.05) is 20.8 Å². The van der Waals surface area contributed by atoms with Gasteiger partial charge in [-0.25, -0.2) is 4.99 Å². The number of aliphatic imine (C=N–C) groups is 1. The van der Waals surface area contributed by atoms with Gasteiger partial charge in [-0.15, -0.1) is 0 Å². The lowest BCUT2D eigenvalue weighted by molar-refractivity contribution is 0.198. The molecule has 0 aliphatic heterocycles. The normalized spacial score (nSPS) is 12.5. The molecule has 0 spiro atoms. The monoisotopic (exact) mass is 171 g/mol. The van der Waals surface area contributed by atoms with Crippen LogP contribution in [0, 0.1) is 5.41 Å². The Morgan fingerprint density at radius 1 is 1.27 bits per heavy atom. The van der Waals surface area contributed by atoms with Gasteiger partial charge in [0.1, 0.15) is 0 Å². The van der Waals surface area contributed by atoms with Gasteiger partial charge in [0, 0.05) is 0 Å². The van der Waals surface area contributed by atoms with Crippen LogP contribution in [0.2, 0.25) is 0 Å². The van der Waals surface area contributed by atoms with Gasteiger partial charge in [-0.2, -0.15) is 0 Å². The summed E-state index contributed by atoms with van der Waals surface area (Å²) in [4.78, 5) is 4.16. The second kappa shape index (κ2) is 3.46. The topological polar surface area (TPSA) is 12.4 Å². The smallest absolute Gasteiger partial charge is 0.0705 e. The van der Waals surface area contributed by atoms with E-state index in [1.165, 1.54) is 0 Å². The summed E-state index contributed by atoms with van der Waals surface area (Å²) in [6, 6.07) is 0. The van der Waals surface area contributed by atoms with E-state index in [-0.39, 0.29) is 11.0 Å². The second-order valence-electron chi connectivity index (χ2n) is 4.00. The van der Waals surface area contributed by atoms with Crippen LogP contribution in [0.1, 0.15) is 41.0 Å². The summed E-state index contributed by atoms with van der Waals surface area (Å²) in [5.41, 5.74) is 0.0995. The highest BCUT2D eigenvalue weighted by Gasteiger charge is 2.34. The van der Waals surface area contributed by atoms with Crippen LogP contribution in [-0.2, 0) is 0 Å². The van der Waals surface area contributed by atoms with E-state index in [0.717, 1.165) is 6.42 Å². The molecule has 0 aromatic carbocycles. The van der Waals surface area contributed by atoms with Crippen molar-refractivity contribution in [2.24, 2.45) is 10.4 Å². The molecule has 0 aromatic heterocycles. The molecule has 0 aliphatic carbocycles. The van der Waals surface area contributed by atoms with Crippen LogP contribution in [-0.4, -0.2) is 10.7 Å². The zero-order valence-electron chi connectivity index (χ0n) is 8.06. The molecule has 0 aliphatic rings. The highest BCUT2D eigenvalue weighted by Crippen LogP contribution is 2.36. The fraction of sp³-hybridized carbons (Fsp3) is 0.889. The van der Waals surface area contributed by atoms with Gasteiger partial charge >= 0.3 is 0 Å². The minimum absolute atomic E-state index is 0.0938. The molecule has 0 rings (SSSR count). The third-order valence-corrected chi connectivity index (χ3v) is 2.96. The van der Waals surface area contributed by atoms with Crippen molar-refractivity contribution in [3.8, 4) is 0 Å². The molecular weight excluding hydrogens is 154 g/mol. The van der Waals surface area contributed by atoms with Crippen molar-refractivity contribution in [2.75, 3.05) is 0 Å². The summed E-state index contributed by atoms with van der Waals surface area (Å²) in [7, 11) is 0. The van der Waals surface area contributed by atoms with E-state index >= 15 is 0 Å². The molecule has 0 heterocycles. The first-order valence-electron chi connectivity index (χ1n) is 3.96. The Morgan fingerprint density at radius 3 is 2.00 bits per heavy atom. The second-order valence-corrected chi connectivity index (χ2v) is 4.18. The average Bonchev–Trinajstić information content (AvgIpc) is 1.87. The first kappa shape index (κ1) is 10.8. The van der Waals surface area contributed by atoms with Crippen LogP contribution in [0.25, 0.3) is 0 Å². The number of hydrogen-bond acceptors (Lipinski definition) is 2. The van der Waals surface area contributed by atoms with Gasteiger partial charge in [0.05, 0.1) is 10.7 Å². The van der Waals surface area contributed by atoms with Crippen LogP contribution >= 0.6 is 12.2 Å². The fourth-order valence-corrected chi connectivity index (χ4v) is 0.926. The molecule has 0 aromatic rings. The third kappa shape index (κ3) is 2.39. The molecule has 0 amide bonds. The molecule has 2 heteroatoms. The predicted octanol–water partition coefficient (Wildman–Crippen LogP) is 3.30. The maximum atomic E-state index is 4.60. The van der Waals surface area contributed by atoms with E-state index in [0.29, 0.717) is 0 Å². The maximum absolute atomic E-state index is 4.60. The lowest BCUT2D eigenvalue weighted by atomic mass is 9.73. The van der Waals surface area contributed by atoms with Gasteiger partial charge in [0.15, 0.2) is 0 Å². The van der Waals surface area contributed by atoms with E-state index in [4.69, 9.17) is 0 Å². The summed E-state index contributed by atoms with van der Waals surface area (Å²) >= 11 is 4.60. The summed E-state index contributed by atoms with van der Waals surface area (Å²) < 4.78 is 0. The zero-order chi connectivity index (χ0) is 9.12. The van der Waals surface area contributed by atoms with Gasteiger partial charge in [-0.05, 0) is 37.9 Å². The average molecular weight is 171 g/mol. The van der Waals surface area contributed by atoms with Gasteiger partial charge < -0.3 is 0 Å². The zero-order valence-corrected chi connectivity index (χ0v) is 8.88. The Hall–Kier alpha value is -0.200. The van der Waals surface area contributed by atoms with E-state index in [1.54, 1.807) is 0 Å². The van der Waals surface area contributed by atoms with E-state index in [1.807, 2.05) is 0 Å². The first-order chi connectivity index (χ1) is 4.87. The molecule has 1 nitrogen and oxygen atoms in total. The lowest BCUT2D eigenvalue weighted by Gasteiger charge is -2.36. The summed E-state index contributed by atoms with van der Waals surface area (Å²) in [6.07, 6.45) is 1.10.